The highest BCUT2D eigenvalue weighted by Crippen LogP contribution is 2.18. The Morgan fingerprint density at radius 3 is 2.39 bits per heavy atom. The second-order valence-electron chi connectivity index (χ2n) is 3.83. The van der Waals surface area contributed by atoms with Gasteiger partial charge in [-0.1, -0.05) is 0 Å². The zero-order valence-corrected chi connectivity index (χ0v) is 10.9. The summed E-state index contributed by atoms with van der Waals surface area (Å²) >= 11 is 0. The number of rotatable bonds is 7. The lowest BCUT2D eigenvalue weighted by molar-refractivity contribution is 0.0854. The monoisotopic (exact) mass is 259 g/mol. The molecule has 1 heterocycles. The highest BCUT2D eigenvalue weighted by atomic mass is 19.1. The van der Waals surface area contributed by atoms with Gasteiger partial charge in [-0.15, -0.1) is 0 Å². The largest absolute Gasteiger partial charge is 0.377 e. The van der Waals surface area contributed by atoms with Gasteiger partial charge in [-0.2, -0.15) is 0 Å². The number of pyridine rings is 1. The van der Waals surface area contributed by atoms with Crippen LogP contribution in [-0.2, 0) is 4.74 Å². The van der Waals surface area contributed by atoms with Crippen LogP contribution in [0.5, 0.6) is 0 Å². The minimum Gasteiger partial charge on any atom is -0.377 e. The molecule has 1 aromatic rings. The lowest BCUT2D eigenvalue weighted by atomic mass is 10.3. The van der Waals surface area contributed by atoms with Gasteiger partial charge >= 0.3 is 0 Å². The summed E-state index contributed by atoms with van der Waals surface area (Å²) in [6.07, 6.45) is -0.0659. The van der Waals surface area contributed by atoms with Crippen molar-refractivity contribution in [3.05, 3.63) is 17.7 Å². The molecule has 1 unspecified atom stereocenters. The molecule has 1 aromatic heterocycles. The second-order valence-corrected chi connectivity index (χ2v) is 3.83. The van der Waals surface area contributed by atoms with E-state index in [1.807, 2.05) is 20.8 Å². The van der Waals surface area contributed by atoms with Gasteiger partial charge in [0.1, 0.15) is 0 Å². The van der Waals surface area contributed by atoms with Crippen molar-refractivity contribution < 1.29 is 13.5 Å². The van der Waals surface area contributed by atoms with E-state index in [4.69, 9.17) is 4.74 Å². The Morgan fingerprint density at radius 2 is 1.83 bits per heavy atom. The maximum absolute atomic E-state index is 13.5. The number of hydrogen-bond donors (Lipinski definition) is 2. The minimum atomic E-state index is -0.710. The van der Waals surface area contributed by atoms with Crippen LogP contribution >= 0.6 is 0 Å². The SMILES string of the molecule is CCNc1nc(NCC(C)OCC)c(F)cc1F. The van der Waals surface area contributed by atoms with E-state index in [-0.39, 0.29) is 17.7 Å². The summed E-state index contributed by atoms with van der Waals surface area (Å²) < 4.78 is 32.1. The van der Waals surface area contributed by atoms with Gasteiger partial charge < -0.3 is 15.4 Å². The zero-order chi connectivity index (χ0) is 13.5. The Balaban J connectivity index is 2.72. The van der Waals surface area contributed by atoms with Gasteiger partial charge in [0.25, 0.3) is 0 Å². The van der Waals surface area contributed by atoms with Gasteiger partial charge in [0.05, 0.1) is 6.10 Å². The van der Waals surface area contributed by atoms with Crippen LogP contribution in [0.2, 0.25) is 0 Å². The van der Waals surface area contributed by atoms with Crippen LogP contribution in [0.25, 0.3) is 0 Å². The van der Waals surface area contributed by atoms with Gasteiger partial charge in [0.15, 0.2) is 23.3 Å². The van der Waals surface area contributed by atoms with E-state index in [9.17, 15) is 8.78 Å². The number of halogens is 2. The molecule has 1 rings (SSSR count). The summed E-state index contributed by atoms with van der Waals surface area (Å²) in [7, 11) is 0. The van der Waals surface area contributed by atoms with Crippen LogP contribution in [0.4, 0.5) is 20.4 Å². The minimum absolute atomic E-state index is 0.0268. The average Bonchev–Trinajstić information content (AvgIpc) is 2.31. The molecule has 0 spiro atoms. The lowest BCUT2D eigenvalue weighted by Crippen LogP contribution is -2.21. The maximum atomic E-state index is 13.5. The molecular weight excluding hydrogens is 240 g/mol. The predicted octanol–water partition coefficient (Wildman–Crippen LogP) is 2.63. The molecule has 0 aromatic carbocycles. The standard InChI is InChI=1S/C12H19F2N3O/c1-4-15-11-9(13)6-10(14)12(17-11)16-7-8(3)18-5-2/h6,8H,4-5,7H2,1-3H3,(H2,15,16,17). The van der Waals surface area contributed by atoms with Crippen molar-refractivity contribution in [2.45, 2.75) is 26.9 Å². The Bertz CT molecular complexity index is 388. The number of anilines is 2. The van der Waals surface area contributed by atoms with Crippen molar-refractivity contribution in [2.24, 2.45) is 0 Å². The van der Waals surface area contributed by atoms with Gasteiger partial charge in [-0.05, 0) is 20.8 Å². The highest BCUT2D eigenvalue weighted by Gasteiger charge is 2.12. The molecule has 0 aliphatic rings. The van der Waals surface area contributed by atoms with Crippen molar-refractivity contribution in [1.82, 2.24) is 4.98 Å². The third kappa shape index (κ3) is 4.10. The Kier molecular flexibility index (Phi) is 5.77. The fourth-order valence-corrected chi connectivity index (χ4v) is 1.47. The van der Waals surface area contributed by atoms with Crippen molar-refractivity contribution in [3.63, 3.8) is 0 Å². The van der Waals surface area contributed by atoms with E-state index in [0.29, 0.717) is 19.7 Å². The molecule has 4 nitrogen and oxygen atoms in total. The number of ether oxygens (including phenoxy) is 1. The third-order valence-electron chi connectivity index (χ3n) is 2.28. The molecule has 0 aliphatic carbocycles. The van der Waals surface area contributed by atoms with Crippen LogP contribution in [0, 0.1) is 11.6 Å². The fourth-order valence-electron chi connectivity index (χ4n) is 1.47. The van der Waals surface area contributed by atoms with E-state index in [1.54, 1.807) is 0 Å². The summed E-state index contributed by atoms with van der Waals surface area (Å²) in [4.78, 5) is 3.87. The van der Waals surface area contributed by atoms with E-state index < -0.39 is 11.6 Å². The summed E-state index contributed by atoms with van der Waals surface area (Å²) in [5.74, 6) is -1.33. The highest BCUT2D eigenvalue weighted by molar-refractivity contribution is 5.47. The molecular formula is C12H19F2N3O. The first-order valence-electron chi connectivity index (χ1n) is 6.03. The van der Waals surface area contributed by atoms with Gasteiger partial charge in [0, 0.05) is 25.8 Å². The maximum Gasteiger partial charge on any atom is 0.168 e. The number of hydrogen-bond acceptors (Lipinski definition) is 4. The Labute approximate surface area is 106 Å². The molecule has 102 valence electrons. The molecule has 0 aliphatic heterocycles. The summed E-state index contributed by atoms with van der Waals surface area (Å²) in [6, 6.07) is 0.818. The summed E-state index contributed by atoms with van der Waals surface area (Å²) in [6.45, 7) is 7.08. The molecule has 18 heavy (non-hydrogen) atoms. The first kappa shape index (κ1) is 14.6. The van der Waals surface area contributed by atoms with Gasteiger partial charge in [0.2, 0.25) is 0 Å². The van der Waals surface area contributed by atoms with Crippen LogP contribution < -0.4 is 10.6 Å². The smallest absolute Gasteiger partial charge is 0.168 e. The Morgan fingerprint density at radius 1 is 1.22 bits per heavy atom. The second kappa shape index (κ2) is 7.10. The average molecular weight is 259 g/mol. The Hall–Kier alpha value is -1.43. The molecule has 0 saturated carbocycles. The lowest BCUT2D eigenvalue weighted by Gasteiger charge is -2.14. The topological polar surface area (TPSA) is 46.2 Å². The summed E-state index contributed by atoms with van der Waals surface area (Å²) in [5, 5.41) is 5.54. The van der Waals surface area contributed by atoms with Crippen LogP contribution in [0.1, 0.15) is 20.8 Å². The third-order valence-corrected chi connectivity index (χ3v) is 2.28. The van der Waals surface area contributed by atoms with Crippen molar-refractivity contribution >= 4 is 11.6 Å². The first-order valence-corrected chi connectivity index (χ1v) is 6.03. The fraction of sp³-hybridized carbons (Fsp3) is 0.583. The predicted molar refractivity (Wildman–Crippen MR) is 67.9 cm³/mol. The molecule has 0 amide bonds. The quantitative estimate of drug-likeness (QED) is 0.790. The zero-order valence-electron chi connectivity index (χ0n) is 10.9. The van der Waals surface area contributed by atoms with Crippen molar-refractivity contribution in [1.29, 1.82) is 0 Å². The molecule has 0 radical (unpaired) electrons. The van der Waals surface area contributed by atoms with E-state index in [2.05, 4.69) is 15.6 Å². The molecule has 0 fully saturated rings. The van der Waals surface area contributed by atoms with Crippen LogP contribution in [0.3, 0.4) is 0 Å². The molecule has 0 saturated heterocycles. The normalized spacial score (nSPS) is 12.3. The van der Waals surface area contributed by atoms with Gasteiger partial charge in [-0.3, -0.25) is 0 Å². The molecule has 1 atom stereocenters. The number of nitrogens with one attached hydrogen (secondary N) is 2. The van der Waals surface area contributed by atoms with Crippen molar-refractivity contribution in [3.8, 4) is 0 Å². The van der Waals surface area contributed by atoms with E-state index in [0.717, 1.165) is 6.07 Å². The van der Waals surface area contributed by atoms with Gasteiger partial charge in [-0.25, -0.2) is 13.8 Å². The molecule has 6 heteroatoms. The molecule has 0 bridgehead atoms. The van der Waals surface area contributed by atoms with E-state index >= 15 is 0 Å². The summed E-state index contributed by atoms with van der Waals surface area (Å²) in [5.41, 5.74) is 0. The van der Waals surface area contributed by atoms with Crippen LogP contribution in [-0.4, -0.2) is 30.8 Å². The number of aromatic nitrogens is 1. The van der Waals surface area contributed by atoms with Crippen LogP contribution in [0.15, 0.2) is 6.07 Å². The number of nitrogens with zero attached hydrogens (tertiary/aromatic N) is 1. The van der Waals surface area contributed by atoms with E-state index in [1.165, 1.54) is 0 Å². The molecule has 2 N–H and O–H groups in total. The first-order chi connectivity index (χ1) is 8.58. The van der Waals surface area contributed by atoms with Crippen molar-refractivity contribution in [2.75, 3.05) is 30.3 Å².